The Balaban J connectivity index is 2.01. The molecule has 1 aromatic heterocycles. The van der Waals surface area contributed by atoms with Crippen molar-refractivity contribution in [3.05, 3.63) is 35.7 Å². The minimum absolute atomic E-state index is 0.119. The van der Waals surface area contributed by atoms with Crippen LogP contribution in [0.5, 0.6) is 0 Å². The molecule has 1 aliphatic rings. The van der Waals surface area contributed by atoms with Gasteiger partial charge in [-0.25, -0.2) is 4.68 Å². The molecular weight excluding hydrogens is 290 g/mol. The molecule has 2 aromatic rings. The number of nitriles is 1. The van der Waals surface area contributed by atoms with Crippen LogP contribution in [-0.2, 0) is 4.79 Å². The number of carbonyl (C=O) groups is 1. The molecule has 0 saturated heterocycles. The minimum atomic E-state index is -0.119. The van der Waals surface area contributed by atoms with E-state index >= 15 is 0 Å². The Kier molecular flexibility index (Phi) is 4.38. The van der Waals surface area contributed by atoms with E-state index in [4.69, 9.17) is 0 Å². The maximum Gasteiger partial charge on any atom is 0.221 e. The number of rotatable bonds is 3. The molecule has 0 atom stereocenters. The molecule has 23 heavy (non-hydrogen) atoms. The van der Waals surface area contributed by atoms with Crippen LogP contribution in [0.1, 0.15) is 56.3 Å². The van der Waals surface area contributed by atoms with Crippen LogP contribution in [0.3, 0.4) is 0 Å². The Bertz CT molecular complexity index is 753. The quantitative estimate of drug-likeness (QED) is 0.944. The molecule has 1 heterocycles. The van der Waals surface area contributed by atoms with Gasteiger partial charge in [-0.2, -0.15) is 5.26 Å². The SMILES string of the molecule is CC(=O)Nc1cccc(-n2nnc(C#N)c2C2CCCCC2)c1. The van der Waals surface area contributed by atoms with E-state index < -0.39 is 0 Å². The first-order valence-corrected chi connectivity index (χ1v) is 7.93. The van der Waals surface area contributed by atoms with E-state index in [1.165, 1.54) is 26.2 Å². The van der Waals surface area contributed by atoms with Crippen LogP contribution in [0, 0.1) is 11.3 Å². The molecule has 0 spiro atoms. The standard InChI is InChI=1S/C17H19N5O/c1-12(23)19-14-8-5-9-15(10-14)22-17(16(11-18)20-21-22)13-6-3-2-4-7-13/h5,8-10,13H,2-4,6-7H2,1H3,(H,19,23). The zero-order chi connectivity index (χ0) is 16.2. The van der Waals surface area contributed by atoms with Crippen molar-refractivity contribution in [2.24, 2.45) is 0 Å². The zero-order valence-corrected chi connectivity index (χ0v) is 13.1. The predicted octanol–water partition coefficient (Wildman–Crippen LogP) is 3.15. The van der Waals surface area contributed by atoms with E-state index in [0.29, 0.717) is 17.3 Å². The first kappa shape index (κ1) is 15.2. The number of nitrogens with zero attached hydrogens (tertiary/aromatic N) is 4. The van der Waals surface area contributed by atoms with Gasteiger partial charge in [0.25, 0.3) is 0 Å². The average Bonchev–Trinajstić information content (AvgIpc) is 2.99. The maximum atomic E-state index is 11.2. The Labute approximate surface area is 135 Å². The monoisotopic (exact) mass is 309 g/mol. The second-order valence-electron chi connectivity index (χ2n) is 5.91. The van der Waals surface area contributed by atoms with Gasteiger partial charge in [-0.15, -0.1) is 5.10 Å². The number of aromatic nitrogens is 3. The molecule has 6 heteroatoms. The molecular formula is C17H19N5O. The number of benzene rings is 1. The van der Waals surface area contributed by atoms with Crippen molar-refractivity contribution >= 4 is 11.6 Å². The van der Waals surface area contributed by atoms with Gasteiger partial charge in [0.1, 0.15) is 6.07 Å². The number of nitrogens with one attached hydrogen (secondary N) is 1. The smallest absolute Gasteiger partial charge is 0.221 e. The Morgan fingerprint density at radius 3 is 2.83 bits per heavy atom. The number of hydrogen-bond acceptors (Lipinski definition) is 4. The first-order valence-electron chi connectivity index (χ1n) is 7.93. The molecule has 1 fully saturated rings. The maximum absolute atomic E-state index is 11.2. The van der Waals surface area contributed by atoms with Crippen molar-refractivity contribution in [1.82, 2.24) is 15.0 Å². The van der Waals surface area contributed by atoms with Gasteiger partial charge >= 0.3 is 0 Å². The Morgan fingerprint density at radius 1 is 1.35 bits per heavy atom. The molecule has 3 rings (SSSR count). The van der Waals surface area contributed by atoms with Gasteiger partial charge in [-0.05, 0) is 31.0 Å². The second kappa shape index (κ2) is 6.61. The van der Waals surface area contributed by atoms with Crippen LogP contribution >= 0.6 is 0 Å². The van der Waals surface area contributed by atoms with Gasteiger partial charge in [0.15, 0.2) is 5.69 Å². The summed E-state index contributed by atoms with van der Waals surface area (Å²) >= 11 is 0. The van der Waals surface area contributed by atoms with Crippen LogP contribution in [0.2, 0.25) is 0 Å². The summed E-state index contributed by atoms with van der Waals surface area (Å²) in [6.45, 7) is 1.48. The van der Waals surface area contributed by atoms with Gasteiger partial charge in [0, 0.05) is 18.5 Å². The van der Waals surface area contributed by atoms with Crippen LogP contribution in [0.25, 0.3) is 5.69 Å². The lowest BCUT2D eigenvalue weighted by Crippen LogP contribution is -2.13. The number of carbonyl (C=O) groups excluding carboxylic acids is 1. The van der Waals surface area contributed by atoms with Crippen molar-refractivity contribution in [2.45, 2.75) is 44.9 Å². The minimum Gasteiger partial charge on any atom is -0.326 e. The van der Waals surface area contributed by atoms with E-state index in [9.17, 15) is 10.1 Å². The average molecular weight is 309 g/mol. The van der Waals surface area contributed by atoms with Crippen LogP contribution in [-0.4, -0.2) is 20.9 Å². The van der Waals surface area contributed by atoms with E-state index in [-0.39, 0.29) is 5.91 Å². The van der Waals surface area contributed by atoms with E-state index in [1.54, 1.807) is 4.68 Å². The first-order chi connectivity index (χ1) is 11.2. The molecule has 1 saturated carbocycles. The summed E-state index contributed by atoms with van der Waals surface area (Å²) in [5.41, 5.74) is 2.82. The summed E-state index contributed by atoms with van der Waals surface area (Å²) in [5.74, 6) is 0.198. The van der Waals surface area contributed by atoms with Crippen LogP contribution < -0.4 is 5.32 Å². The van der Waals surface area contributed by atoms with Crippen molar-refractivity contribution in [1.29, 1.82) is 5.26 Å². The number of amides is 1. The molecule has 1 aliphatic carbocycles. The normalized spacial score (nSPS) is 15.1. The lowest BCUT2D eigenvalue weighted by Gasteiger charge is -2.22. The molecule has 1 N–H and O–H groups in total. The highest BCUT2D eigenvalue weighted by Gasteiger charge is 2.25. The van der Waals surface area contributed by atoms with Gasteiger partial charge in [-0.3, -0.25) is 4.79 Å². The molecule has 1 amide bonds. The third kappa shape index (κ3) is 3.24. The fourth-order valence-electron chi connectivity index (χ4n) is 3.22. The zero-order valence-electron chi connectivity index (χ0n) is 13.1. The molecule has 118 valence electrons. The number of hydrogen-bond donors (Lipinski definition) is 1. The summed E-state index contributed by atoms with van der Waals surface area (Å²) in [5, 5.41) is 20.4. The fourth-order valence-corrected chi connectivity index (χ4v) is 3.22. The van der Waals surface area contributed by atoms with Crippen molar-refractivity contribution in [3.63, 3.8) is 0 Å². The summed E-state index contributed by atoms with van der Waals surface area (Å²) < 4.78 is 1.75. The molecule has 1 aromatic carbocycles. The molecule has 0 radical (unpaired) electrons. The lowest BCUT2D eigenvalue weighted by molar-refractivity contribution is -0.114. The third-order valence-corrected chi connectivity index (χ3v) is 4.21. The van der Waals surface area contributed by atoms with Crippen molar-refractivity contribution < 1.29 is 4.79 Å². The predicted molar refractivity (Wildman–Crippen MR) is 86.2 cm³/mol. The summed E-state index contributed by atoms with van der Waals surface area (Å²) in [4.78, 5) is 11.2. The van der Waals surface area contributed by atoms with Crippen LogP contribution in [0.4, 0.5) is 5.69 Å². The topological polar surface area (TPSA) is 83.6 Å². The molecule has 0 aliphatic heterocycles. The van der Waals surface area contributed by atoms with Crippen LogP contribution in [0.15, 0.2) is 24.3 Å². The summed E-state index contributed by atoms with van der Waals surface area (Å²) in [6.07, 6.45) is 5.72. The highest BCUT2D eigenvalue weighted by Crippen LogP contribution is 2.34. The van der Waals surface area contributed by atoms with Gasteiger partial charge in [0.05, 0.1) is 11.4 Å². The van der Waals surface area contributed by atoms with Crippen molar-refractivity contribution in [2.75, 3.05) is 5.32 Å². The highest BCUT2D eigenvalue weighted by molar-refractivity contribution is 5.88. The lowest BCUT2D eigenvalue weighted by atomic mass is 9.86. The van der Waals surface area contributed by atoms with Gasteiger partial charge < -0.3 is 5.32 Å². The molecule has 6 nitrogen and oxygen atoms in total. The summed E-state index contributed by atoms with van der Waals surface area (Å²) in [6, 6.07) is 9.61. The summed E-state index contributed by atoms with van der Waals surface area (Å²) in [7, 11) is 0. The van der Waals surface area contributed by atoms with E-state index in [2.05, 4.69) is 21.7 Å². The fraction of sp³-hybridized carbons (Fsp3) is 0.412. The molecule has 0 unspecified atom stereocenters. The highest BCUT2D eigenvalue weighted by atomic mass is 16.1. The Morgan fingerprint density at radius 2 is 2.13 bits per heavy atom. The number of anilines is 1. The van der Waals surface area contributed by atoms with E-state index in [0.717, 1.165) is 24.2 Å². The Hall–Kier alpha value is -2.68. The third-order valence-electron chi connectivity index (χ3n) is 4.21. The molecule has 0 bridgehead atoms. The van der Waals surface area contributed by atoms with Gasteiger partial charge in [0.2, 0.25) is 5.91 Å². The second-order valence-corrected chi connectivity index (χ2v) is 5.91. The van der Waals surface area contributed by atoms with Crippen molar-refractivity contribution in [3.8, 4) is 11.8 Å². The van der Waals surface area contributed by atoms with Gasteiger partial charge in [-0.1, -0.05) is 30.5 Å². The largest absolute Gasteiger partial charge is 0.326 e. The van der Waals surface area contributed by atoms with E-state index in [1.807, 2.05) is 24.3 Å².